The monoisotopic (exact) mass is 859 g/mol. The topological polar surface area (TPSA) is 103 Å². The maximum absolute atomic E-state index is 13.6. The highest BCUT2D eigenvalue weighted by atomic mass is 31.2. The van der Waals surface area contributed by atoms with Crippen molar-refractivity contribution in [1.82, 2.24) is 9.99 Å². The Balaban J connectivity index is 4.56. The molecule has 0 heterocycles. The molecule has 0 aliphatic rings. The zero-order chi connectivity index (χ0) is 43.5. The van der Waals surface area contributed by atoms with E-state index in [4.69, 9.17) is 18.5 Å². The van der Waals surface area contributed by atoms with Crippen LogP contribution in [0.5, 0.6) is 0 Å². The Morgan fingerprint density at radius 3 is 1.19 bits per heavy atom. The molecule has 2 atom stereocenters. The number of nitrogens with one attached hydrogen (secondary N) is 1. The first kappa shape index (κ1) is 58.0. The fraction of sp³-hybridized carbons (Fsp3) is 0.959. The number of carbonyl (C=O) groups is 2. The van der Waals surface area contributed by atoms with Crippen LogP contribution in [0.3, 0.4) is 0 Å². The minimum absolute atomic E-state index is 0.109. The van der Waals surface area contributed by atoms with Crippen molar-refractivity contribution in [3.05, 3.63) is 0 Å². The van der Waals surface area contributed by atoms with Crippen LogP contribution < -0.4 is 5.09 Å². The number of rotatable bonds is 47. The fourth-order valence-corrected chi connectivity index (χ4v) is 8.97. The maximum atomic E-state index is 13.6. The van der Waals surface area contributed by atoms with Crippen molar-refractivity contribution in [2.24, 2.45) is 11.8 Å². The van der Waals surface area contributed by atoms with Crippen molar-refractivity contribution in [2.75, 3.05) is 53.6 Å². The van der Waals surface area contributed by atoms with E-state index < -0.39 is 7.75 Å². The number of nitrogens with zero attached hydrogens (tertiary/aromatic N) is 1. The normalized spacial score (nSPS) is 13.7. The Hall–Kier alpha value is -0.990. The number of carbonyl (C=O) groups excluding carboxylic acids is 2. The average Bonchev–Trinajstić information content (AvgIpc) is 3.22. The molecule has 59 heavy (non-hydrogen) atoms. The van der Waals surface area contributed by atoms with Gasteiger partial charge in [0.1, 0.15) is 0 Å². The van der Waals surface area contributed by atoms with Crippen LogP contribution in [-0.2, 0) is 32.7 Å². The van der Waals surface area contributed by atoms with Crippen molar-refractivity contribution in [2.45, 2.75) is 240 Å². The minimum Gasteiger partial charge on any atom is -0.465 e. The second-order valence-electron chi connectivity index (χ2n) is 17.8. The van der Waals surface area contributed by atoms with Crippen LogP contribution in [0.4, 0.5) is 0 Å². The van der Waals surface area contributed by atoms with Crippen molar-refractivity contribution in [3.8, 4) is 0 Å². The Morgan fingerprint density at radius 2 is 0.814 bits per heavy atom. The van der Waals surface area contributed by atoms with E-state index in [9.17, 15) is 14.2 Å². The van der Waals surface area contributed by atoms with E-state index in [1.807, 2.05) is 14.1 Å². The standard InChI is InChI=1S/C49H99N2O7P/c1-7-11-15-19-21-27-36-46(34-25-17-13-9-3)44-55-48(52)38-29-23-31-42-57-59(54,50-40-33-41-51(5)6)58-43-32-24-30-39-49(53)56-45-47(35-26-18-14-10-4)37-28-22-20-16-12-8-2/h46-47H,7-45H2,1-6H3,(H,50,54). The predicted octanol–water partition coefficient (Wildman–Crippen LogP) is 14.6. The summed E-state index contributed by atoms with van der Waals surface area (Å²) in [6.45, 7) is 12.1. The Morgan fingerprint density at radius 1 is 0.475 bits per heavy atom. The summed E-state index contributed by atoms with van der Waals surface area (Å²) >= 11 is 0. The van der Waals surface area contributed by atoms with Crippen LogP contribution in [0, 0.1) is 11.8 Å². The van der Waals surface area contributed by atoms with Gasteiger partial charge < -0.3 is 14.4 Å². The third-order valence-electron chi connectivity index (χ3n) is 11.5. The molecule has 0 fully saturated rings. The van der Waals surface area contributed by atoms with Gasteiger partial charge in [-0.2, -0.15) is 0 Å². The van der Waals surface area contributed by atoms with Gasteiger partial charge in [-0.05, 0) is 90.3 Å². The van der Waals surface area contributed by atoms with Gasteiger partial charge in [0.25, 0.3) is 0 Å². The number of hydrogen-bond donors (Lipinski definition) is 1. The first-order valence-electron chi connectivity index (χ1n) is 25.3. The predicted molar refractivity (Wildman–Crippen MR) is 250 cm³/mol. The first-order valence-corrected chi connectivity index (χ1v) is 26.8. The molecule has 0 aromatic rings. The lowest BCUT2D eigenvalue weighted by atomic mass is 9.95. The van der Waals surface area contributed by atoms with Gasteiger partial charge >= 0.3 is 19.7 Å². The molecule has 0 saturated heterocycles. The SMILES string of the molecule is CCCCCCCCC(CCCCCC)COC(=O)CCCCCOP(=O)(NCCCN(C)C)OCCCCCC(=O)OCC(CCCCCC)CCCCCCCC. The molecule has 10 heteroatoms. The molecule has 0 radical (unpaired) electrons. The summed E-state index contributed by atoms with van der Waals surface area (Å²) in [6, 6.07) is 0. The van der Waals surface area contributed by atoms with E-state index in [2.05, 4.69) is 37.7 Å². The largest absolute Gasteiger partial charge is 0.465 e. The van der Waals surface area contributed by atoms with Crippen molar-refractivity contribution in [3.63, 3.8) is 0 Å². The zero-order valence-corrected chi connectivity index (χ0v) is 40.9. The van der Waals surface area contributed by atoms with Gasteiger partial charge in [0.15, 0.2) is 0 Å². The molecule has 0 amide bonds. The summed E-state index contributed by atoms with van der Waals surface area (Å²) in [6.07, 6.45) is 36.2. The van der Waals surface area contributed by atoms with E-state index in [1.165, 1.54) is 128 Å². The number of unbranched alkanes of at least 4 members (excludes halogenated alkanes) is 20. The molecule has 0 aliphatic heterocycles. The van der Waals surface area contributed by atoms with E-state index in [0.717, 1.165) is 64.3 Å². The molecule has 1 N–H and O–H groups in total. The highest BCUT2D eigenvalue weighted by Crippen LogP contribution is 2.44. The molecule has 0 aromatic carbocycles. The quantitative estimate of drug-likeness (QED) is 0.0364. The summed E-state index contributed by atoms with van der Waals surface area (Å²) in [7, 11) is 0.564. The van der Waals surface area contributed by atoms with Crippen LogP contribution in [0.25, 0.3) is 0 Å². The van der Waals surface area contributed by atoms with Gasteiger partial charge in [0.2, 0.25) is 0 Å². The Kier molecular flexibility index (Phi) is 42.9. The second kappa shape index (κ2) is 43.7. The molecular weight excluding hydrogens is 760 g/mol. The Bertz CT molecular complexity index is 905. The number of esters is 2. The zero-order valence-electron chi connectivity index (χ0n) is 40.0. The lowest BCUT2D eigenvalue weighted by molar-refractivity contribution is -0.146. The minimum atomic E-state index is -3.47. The molecule has 0 aliphatic carbocycles. The fourth-order valence-electron chi connectivity index (χ4n) is 7.54. The lowest BCUT2D eigenvalue weighted by Crippen LogP contribution is -2.21. The van der Waals surface area contributed by atoms with E-state index in [-0.39, 0.29) is 11.9 Å². The Labute approximate surface area is 366 Å². The molecule has 0 saturated carbocycles. The van der Waals surface area contributed by atoms with E-state index in [0.29, 0.717) is 70.5 Å². The van der Waals surface area contributed by atoms with Gasteiger partial charge in [-0.15, -0.1) is 0 Å². The van der Waals surface area contributed by atoms with Gasteiger partial charge in [-0.3, -0.25) is 18.6 Å². The summed E-state index contributed by atoms with van der Waals surface area (Å²) in [5.74, 6) is 0.724. The third kappa shape index (κ3) is 40.8. The van der Waals surface area contributed by atoms with Crippen LogP contribution in [0.1, 0.15) is 240 Å². The van der Waals surface area contributed by atoms with Crippen LogP contribution >= 0.6 is 7.75 Å². The van der Waals surface area contributed by atoms with Gasteiger partial charge in [-0.25, -0.2) is 9.65 Å². The molecule has 9 nitrogen and oxygen atoms in total. The van der Waals surface area contributed by atoms with E-state index in [1.54, 1.807) is 0 Å². The van der Waals surface area contributed by atoms with Crippen molar-refractivity contribution in [1.29, 1.82) is 0 Å². The molecule has 0 aromatic heterocycles. The smallest absolute Gasteiger partial charge is 0.405 e. The number of ether oxygens (including phenoxy) is 2. The molecule has 0 spiro atoms. The molecule has 352 valence electrons. The van der Waals surface area contributed by atoms with Crippen molar-refractivity contribution >= 4 is 19.7 Å². The summed E-state index contributed by atoms with van der Waals surface area (Å²) in [5, 5.41) is 3.06. The first-order chi connectivity index (χ1) is 28.7. The average molecular weight is 859 g/mol. The molecule has 2 unspecified atom stereocenters. The van der Waals surface area contributed by atoms with Crippen LogP contribution in [-0.4, -0.2) is 70.5 Å². The number of hydrogen-bond acceptors (Lipinski definition) is 8. The second-order valence-corrected chi connectivity index (χ2v) is 19.6. The highest BCUT2D eigenvalue weighted by Gasteiger charge is 2.24. The molecular formula is C49H99N2O7P. The van der Waals surface area contributed by atoms with Gasteiger partial charge in [0.05, 0.1) is 26.4 Å². The summed E-state index contributed by atoms with van der Waals surface area (Å²) in [5.41, 5.74) is 0. The van der Waals surface area contributed by atoms with Gasteiger partial charge in [-0.1, -0.05) is 169 Å². The van der Waals surface area contributed by atoms with Gasteiger partial charge in [0, 0.05) is 19.4 Å². The molecule has 0 rings (SSSR count). The highest BCUT2D eigenvalue weighted by molar-refractivity contribution is 7.51. The van der Waals surface area contributed by atoms with E-state index >= 15 is 0 Å². The third-order valence-corrected chi connectivity index (χ3v) is 13.1. The lowest BCUT2D eigenvalue weighted by Gasteiger charge is -2.20. The molecule has 0 bridgehead atoms. The summed E-state index contributed by atoms with van der Waals surface area (Å²) < 4.78 is 36.9. The maximum Gasteiger partial charge on any atom is 0.405 e. The summed E-state index contributed by atoms with van der Waals surface area (Å²) in [4.78, 5) is 27.3. The van der Waals surface area contributed by atoms with Crippen LogP contribution in [0.15, 0.2) is 0 Å². The van der Waals surface area contributed by atoms with Crippen molar-refractivity contribution < 1.29 is 32.7 Å². The van der Waals surface area contributed by atoms with Crippen LogP contribution in [0.2, 0.25) is 0 Å².